The van der Waals surface area contributed by atoms with Crippen LogP contribution < -0.4 is 4.72 Å². The van der Waals surface area contributed by atoms with Gasteiger partial charge in [0.25, 0.3) is 5.69 Å². The van der Waals surface area contributed by atoms with Gasteiger partial charge >= 0.3 is 0 Å². The zero-order valence-electron chi connectivity index (χ0n) is 19.3. The summed E-state index contributed by atoms with van der Waals surface area (Å²) in [4.78, 5) is 15.1. The fourth-order valence-corrected chi connectivity index (χ4v) is 6.01. The maximum absolute atomic E-state index is 12.7. The summed E-state index contributed by atoms with van der Waals surface area (Å²) in [6.07, 6.45) is 0. The molecule has 0 aliphatic heterocycles. The van der Waals surface area contributed by atoms with Gasteiger partial charge in [0.05, 0.1) is 21.2 Å². The lowest BCUT2D eigenvalue weighted by Gasteiger charge is -2.11. The molecule has 0 saturated carbocycles. The number of nitro benzene ring substituents is 1. The van der Waals surface area contributed by atoms with Crippen LogP contribution in [0.15, 0.2) is 88.9 Å². The summed E-state index contributed by atoms with van der Waals surface area (Å²) >= 11 is 7.24. The average molecular weight is 543 g/mol. The molecule has 4 aromatic rings. The highest BCUT2D eigenvalue weighted by atomic mass is 35.5. The van der Waals surface area contributed by atoms with Crippen LogP contribution in [0.3, 0.4) is 0 Å². The number of nitrogens with one attached hydrogen (secondary N) is 1. The normalized spacial score (nSPS) is 11.5. The standard InChI is InChI=1S/C25H23ClN4O4S2/c1-2-29-24(19-11-7-4-8-12-19)23(18-9-5-3-6-10-18)28-25(29)35-16-15-27-36(33,34)20-13-14-21(26)22(17-20)30(31)32/h3-14,17,27H,2,15-16H2,1H3. The lowest BCUT2D eigenvalue weighted by atomic mass is 10.0. The van der Waals surface area contributed by atoms with Gasteiger partial charge in [0.1, 0.15) is 5.02 Å². The van der Waals surface area contributed by atoms with Gasteiger partial charge in [0.2, 0.25) is 10.0 Å². The first-order valence-corrected chi connectivity index (χ1v) is 13.9. The SMILES string of the molecule is CCn1c(SCCNS(=O)(=O)c2ccc(Cl)c([N+](=O)[O-])c2)nc(-c2ccccc2)c1-c1ccccc1. The van der Waals surface area contributed by atoms with Crippen LogP contribution in [-0.4, -0.2) is 35.2 Å². The van der Waals surface area contributed by atoms with Crippen molar-refractivity contribution in [3.8, 4) is 22.5 Å². The predicted octanol–water partition coefficient (Wildman–Crippen LogP) is 5.87. The van der Waals surface area contributed by atoms with Crippen LogP contribution in [0.2, 0.25) is 5.02 Å². The zero-order valence-corrected chi connectivity index (χ0v) is 21.7. The minimum atomic E-state index is -3.95. The number of imidazole rings is 1. The number of nitro groups is 1. The van der Waals surface area contributed by atoms with Crippen molar-refractivity contribution in [2.45, 2.75) is 23.5 Å². The molecule has 1 aromatic heterocycles. The largest absolute Gasteiger partial charge is 0.319 e. The summed E-state index contributed by atoms with van der Waals surface area (Å²) in [6.45, 7) is 2.84. The Morgan fingerprint density at radius 3 is 2.28 bits per heavy atom. The predicted molar refractivity (Wildman–Crippen MR) is 143 cm³/mol. The Bertz CT molecular complexity index is 1480. The molecule has 0 saturated heterocycles. The maximum Gasteiger partial charge on any atom is 0.289 e. The van der Waals surface area contributed by atoms with Gasteiger partial charge in [-0.3, -0.25) is 10.1 Å². The van der Waals surface area contributed by atoms with E-state index in [1.165, 1.54) is 23.9 Å². The smallest absolute Gasteiger partial charge is 0.289 e. The lowest BCUT2D eigenvalue weighted by Crippen LogP contribution is -2.26. The lowest BCUT2D eigenvalue weighted by molar-refractivity contribution is -0.384. The number of aromatic nitrogens is 2. The van der Waals surface area contributed by atoms with Gasteiger partial charge in [0, 0.05) is 36.0 Å². The molecular weight excluding hydrogens is 520 g/mol. The average Bonchev–Trinajstić information content (AvgIpc) is 3.26. The summed E-state index contributed by atoms with van der Waals surface area (Å²) in [5, 5.41) is 11.8. The van der Waals surface area contributed by atoms with Gasteiger partial charge in [0.15, 0.2) is 5.16 Å². The van der Waals surface area contributed by atoms with Crippen LogP contribution >= 0.6 is 23.4 Å². The fraction of sp³-hybridized carbons (Fsp3) is 0.160. The second-order valence-corrected chi connectivity index (χ2v) is 10.9. The van der Waals surface area contributed by atoms with Crippen molar-refractivity contribution in [1.29, 1.82) is 0 Å². The molecule has 11 heteroatoms. The Morgan fingerprint density at radius 1 is 1.03 bits per heavy atom. The molecule has 0 unspecified atom stereocenters. The first-order chi connectivity index (χ1) is 17.3. The number of hydrogen-bond acceptors (Lipinski definition) is 6. The molecule has 0 atom stereocenters. The Balaban J connectivity index is 1.55. The third kappa shape index (κ3) is 5.62. The van der Waals surface area contributed by atoms with E-state index in [9.17, 15) is 18.5 Å². The van der Waals surface area contributed by atoms with Gasteiger partial charge in [-0.25, -0.2) is 18.1 Å². The third-order valence-corrected chi connectivity index (χ3v) is 8.15. The minimum absolute atomic E-state index is 0.112. The van der Waals surface area contributed by atoms with Crippen LogP contribution in [0.25, 0.3) is 22.5 Å². The van der Waals surface area contributed by atoms with Gasteiger partial charge in [-0.05, 0) is 19.1 Å². The minimum Gasteiger partial charge on any atom is -0.319 e. The Kier molecular flexibility index (Phi) is 8.10. The number of sulfonamides is 1. The Morgan fingerprint density at radius 2 is 1.67 bits per heavy atom. The second kappa shape index (κ2) is 11.3. The Hall–Kier alpha value is -3.18. The molecule has 0 aliphatic rings. The molecular formula is C25H23ClN4O4S2. The molecule has 1 heterocycles. The van der Waals surface area contributed by atoms with E-state index in [4.69, 9.17) is 16.6 Å². The fourth-order valence-electron chi connectivity index (χ4n) is 3.72. The highest BCUT2D eigenvalue weighted by molar-refractivity contribution is 7.99. The van der Waals surface area contributed by atoms with Crippen LogP contribution in [0.1, 0.15) is 6.92 Å². The molecule has 0 spiro atoms. The maximum atomic E-state index is 12.7. The quantitative estimate of drug-likeness (QED) is 0.116. The molecule has 4 rings (SSSR count). The van der Waals surface area contributed by atoms with Crippen LogP contribution in [0.5, 0.6) is 0 Å². The molecule has 0 radical (unpaired) electrons. The third-order valence-electron chi connectivity index (χ3n) is 5.39. The highest BCUT2D eigenvalue weighted by Crippen LogP contribution is 2.36. The molecule has 8 nitrogen and oxygen atoms in total. The van der Waals surface area contributed by atoms with Gasteiger partial charge < -0.3 is 4.57 Å². The summed E-state index contributed by atoms with van der Waals surface area (Å²) in [5.74, 6) is 0.411. The first kappa shape index (κ1) is 25.9. The summed E-state index contributed by atoms with van der Waals surface area (Å²) in [7, 11) is -3.95. The number of halogens is 1. The first-order valence-electron chi connectivity index (χ1n) is 11.1. The molecule has 186 valence electrons. The number of benzene rings is 3. The summed E-state index contributed by atoms with van der Waals surface area (Å²) < 4.78 is 30.0. The molecule has 3 aromatic carbocycles. The monoisotopic (exact) mass is 542 g/mol. The van der Waals surface area contributed by atoms with E-state index < -0.39 is 20.6 Å². The van der Waals surface area contributed by atoms with E-state index in [1.54, 1.807) is 0 Å². The van der Waals surface area contributed by atoms with E-state index in [2.05, 4.69) is 9.29 Å². The summed E-state index contributed by atoms with van der Waals surface area (Å²) in [6, 6.07) is 23.4. The van der Waals surface area contributed by atoms with E-state index in [0.29, 0.717) is 12.3 Å². The molecule has 0 bridgehead atoms. The van der Waals surface area contributed by atoms with Crippen molar-refractivity contribution in [2.24, 2.45) is 0 Å². The van der Waals surface area contributed by atoms with Crippen molar-refractivity contribution < 1.29 is 13.3 Å². The van der Waals surface area contributed by atoms with E-state index in [1.807, 2.05) is 67.6 Å². The van der Waals surface area contributed by atoms with Crippen molar-refractivity contribution in [3.05, 3.63) is 94.0 Å². The van der Waals surface area contributed by atoms with Crippen LogP contribution in [0, 0.1) is 10.1 Å². The van der Waals surface area contributed by atoms with Gasteiger partial charge in [-0.2, -0.15) is 0 Å². The number of hydrogen-bond donors (Lipinski definition) is 1. The van der Waals surface area contributed by atoms with E-state index >= 15 is 0 Å². The zero-order chi connectivity index (χ0) is 25.7. The van der Waals surface area contributed by atoms with Gasteiger partial charge in [-0.15, -0.1) is 0 Å². The van der Waals surface area contributed by atoms with Crippen molar-refractivity contribution in [1.82, 2.24) is 14.3 Å². The molecule has 0 amide bonds. The second-order valence-electron chi connectivity index (χ2n) is 7.68. The topological polar surface area (TPSA) is 107 Å². The van der Waals surface area contributed by atoms with E-state index in [-0.39, 0.29) is 16.5 Å². The Labute approximate surface area is 218 Å². The van der Waals surface area contributed by atoms with E-state index in [0.717, 1.165) is 33.7 Å². The molecule has 0 aliphatic carbocycles. The summed E-state index contributed by atoms with van der Waals surface area (Å²) in [5.41, 5.74) is 3.44. The van der Waals surface area contributed by atoms with Crippen LogP contribution in [0.4, 0.5) is 5.69 Å². The van der Waals surface area contributed by atoms with Crippen molar-refractivity contribution in [3.63, 3.8) is 0 Å². The molecule has 0 fully saturated rings. The molecule has 36 heavy (non-hydrogen) atoms. The molecule has 1 N–H and O–H groups in total. The van der Waals surface area contributed by atoms with Crippen molar-refractivity contribution in [2.75, 3.05) is 12.3 Å². The van der Waals surface area contributed by atoms with Crippen molar-refractivity contribution >= 4 is 39.1 Å². The van der Waals surface area contributed by atoms with Crippen LogP contribution in [-0.2, 0) is 16.6 Å². The number of thioether (sulfide) groups is 1. The van der Waals surface area contributed by atoms with Gasteiger partial charge in [-0.1, -0.05) is 84.0 Å². The highest BCUT2D eigenvalue weighted by Gasteiger charge is 2.22. The number of nitrogens with zero attached hydrogens (tertiary/aromatic N) is 3. The number of rotatable bonds is 10.